The van der Waals surface area contributed by atoms with Crippen molar-refractivity contribution in [3.05, 3.63) is 71.9 Å². The third-order valence-electron chi connectivity index (χ3n) is 5.70. The Morgan fingerprint density at radius 2 is 1.71 bits per heavy atom. The quantitative estimate of drug-likeness (QED) is 0.362. The molecule has 6 nitrogen and oxygen atoms in total. The zero-order valence-electron chi connectivity index (χ0n) is 20.3. The lowest BCUT2D eigenvalue weighted by atomic mass is 9.96. The fourth-order valence-electron chi connectivity index (χ4n) is 4.25. The van der Waals surface area contributed by atoms with Crippen molar-refractivity contribution in [2.24, 2.45) is 7.05 Å². The van der Waals surface area contributed by atoms with Gasteiger partial charge in [0, 0.05) is 18.0 Å². The Hall–Kier alpha value is -3.80. The van der Waals surface area contributed by atoms with Crippen LogP contribution in [0.2, 0.25) is 0 Å². The Kier molecular flexibility index (Phi) is 6.33. The summed E-state index contributed by atoms with van der Waals surface area (Å²) in [7, 11) is 1.88. The summed E-state index contributed by atoms with van der Waals surface area (Å²) in [6.45, 7) is 7.60. The predicted molar refractivity (Wildman–Crippen MR) is 135 cm³/mol. The molecule has 0 saturated heterocycles. The number of carbonyl (C=O) groups excluding carboxylic acids is 2. The van der Waals surface area contributed by atoms with Crippen LogP contribution in [-0.2, 0) is 23.1 Å². The Balaban J connectivity index is 1.82. The number of benzene rings is 3. The van der Waals surface area contributed by atoms with Gasteiger partial charge >= 0.3 is 12.1 Å². The normalized spacial score (nSPS) is 11.6. The molecule has 0 aliphatic rings. The van der Waals surface area contributed by atoms with Gasteiger partial charge in [-0.2, -0.15) is 0 Å². The van der Waals surface area contributed by atoms with Crippen LogP contribution in [-0.4, -0.2) is 28.8 Å². The maximum Gasteiger partial charge on any atom is 0.407 e. The van der Waals surface area contributed by atoms with E-state index in [0.29, 0.717) is 11.3 Å². The third kappa shape index (κ3) is 4.62. The Morgan fingerprint density at radius 3 is 2.44 bits per heavy atom. The molecule has 1 heterocycles. The molecule has 34 heavy (non-hydrogen) atoms. The number of aryl methyl sites for hydroxylation is 1. The first-order chi connectivity index (χ1) is 16.2. The van der Waals surface area contributed by atoms with E-state index in [1.807, 2.05) is 62.7 Å². The minimum atomic E-state index is -0.611. The van der Waals surface area contributed by atoms with Crippen molar-refractivity contribution in [2.45, 2.75) is 39.8 Å². The van der Waals surface area contributed by atoms with Crippen LogP contribution in [0.25, 0.3) is 32.8 Å². The fourth-order valence-corrected chi connectivity index (χ4v) is 4.25. The molecule has 0 radical (unpaired) electrons. The van der Waals surface area contributed by atoms with Crippen LogP contribution < -0.4 is 5.32 Å². The fraction of sp³-hybridized carbons (Fsp3) is 0.286. The number of alkyl carbamates (subject to hydrolysis) is 1. The molecule has 0 atom stereocenters. The number of nitrogens with zero attached hydrogens (tertiary/aromatic N) is 1. The van der Waals surface area contributed by atoms with Crippen LogP contribution in [0.5, 0.6) is 0 Å². The molecular formula is C28H30N2O4. The Labute approximate surface area is 199 Å². The second kappa shape index (κ2) is 9.21. The van der Waals surface area contributed by atoms with Crippen molar-refractivity contribution in [1.82, 2.24) is 9.88 Å². The molecule has 1 aromatic heterocycles. The average molecular weight is 459 g/mol. The lowest BCUT2D eigenvalue weighted by Gasteiger charge is -2.20. The van der Waals surface area contributed by atoms with Gasteiger partial charge in [0.1, 0.15) is 5.60 Å². The Morgan fingerprint density at radius 1 is 0.971 bits per heavy atom. The summed E-state index contributed by atoms with van der Waals surface area (Å²) in [5.74, 6) is -0.413. The van der Waals surface area contributed by atoms with E-state index in [0.717, 1.165) is 32.8 Å². The summed E-state index contributed by atoms with van der Waals surface area (Å²) in [6.07, 6.45) is -0.538. The number of ether oxygens (including phenoxy) is 2. The lowest BCUT2D eigenvalue weighted by molar-refractivity contribution is 0.0502. The van der Waals surface area contributed by atoms with Gasteiger partial charge in [0.25, 0.3) is 0 Å². The van der Waals surface area contributed by atoms with Gasteiger partial charge in [0.15, 0.2) is 0 Å². The largest absolute Gasteiger partial charge is 0.462 e. The van der Waals surface area contributed by atoms with E-state index in [2.05, 4.69) is 35.6 Å². The van der Waals surface area contributed by atoms with E-state index in [-0.39, 0.29) is 13.2 Å². The van der Waals surface area contributed by atoms with Gasteiger partial charge < -0.3 is 19.4 Å². The molecule has 0 aliphatic carbocycles. The van der Waals surface area contributed by atoms with Crippen molar-refractivity contribution < 1.29 is 19.1 Å². The van der Waals surface area contributed by atoms with E-state index in [1.54, 1.807) is 6.92 Å². The minimum Gasteiger partial charge on any atom is -0.462 e. The standard InChI is InChI=1S/C28H30N2O4/c1-6-33-26(31)25-22-16-19(21-13-9-11-18-10-7-8-12-20(18)21)14-15-23(22)30(5)24(25)17-29-27(32)34-28(2,3)4/h7-16H,6,17H2,1-5H3,(H,29,32). The molecule has 0 aliphatic heterocycles. The van der Waals surface area contributed by atoms with Crippen LogP contribution in [0.15, 0.2) is 60.7 Å². The summed E-state index contributed by atoms with van der Waals surface area (Å²) >= 11 is 0. The van der Waals surface area contributed by atoms with Gasteiger partial charge in [-0.05, 0) is 61.7 Å². The third-order valence-corrected chi connectivity index (χ3v) is 5.70. The first kappa shape index (κ1) is 23.4. The summed E-state index contributed by atoms with van der Waals surface area (Å²) in [5, 5.41) is 5.86. The van der Waals surface area contributed by atoms with Gasteiger partial charge in [-0.3, -0.25) is 0 Å². The zero-order chi connectivity index (χ0) is 24.5. The molecule has 0 unspecified atom stereocenters. The molecule has 0 bridgehead atoms. The molecule has 4 aromatic rings. The highest BCUT2D eigenvalue weighted by molar-refractivity contribution is 6.08. The maximum absolute atomic E-state index is 13.0. The topological polar surface area (TPSA) is 69.6 Å². The van der Waals surface area contributed by atoms with E-state index < -0.39 is 17.7 Å². The van der Waals surface area contributed by atoms with E-state index in [1.165, 1.54) is 0 Å². The van der Waals surface area contributed by atoms with Gasteiger partial charge in [0.05, 0.1) is 24.4 Å². The minimum absolute atomic E-state index is 0.137. The van der Waals surface area contributed by atoms with Crippen molar-refractivity contribution in [3.63, 3.8) is 0 Å². The molecule has 0 saturated carbocycles. The molecule has 1 N–H and O–H groups in total. The monoisotopic (exact) mass is 458 g/mol. The first-order valence-electron chi connectivity index (χ1n) is 11.4. The molecule has 176 valence electrons. The number of aromatic nitrogens is 1. The van der Waals surface area contributed by atoms with E-state index >= 15 is 0 Å². The summed E-state index contributed by atoms with van der Waals surface area (Å²) in [5.41, 5.74) is 3.49. The highest BCUT2D eigenvalue weighted by Gasteiger charge is 2.24. The summed E-state index contributed by atoms with van der Waals surface area (Å²) < 4.78 is 12.7. The first-order valence-corrected chi connectivity index (χ1v) is 11.4. The zero-order valence-corrected chi connectivity index (χ0v) is 20.3. The van der Waals surface area contributed by atoms with Crippen LogP contribution in [0.1, 0.15) is 43.7 Å². The second-order valence-corrected chi connectivity index (χ2v) is 9.22. The highest BCUT2D eigenvalue weighted by Crippen LogP contribution is 2.34. The number of hydrogen-bond acceptors (Lipinski definition) is 4. The maximum atomic E-state index is 13.0. The summed E-state index contributed by atoms with van der Waals surface area (Å²) in [6, 6.07) is 20.5. The lowest BCUT2D eigenvalue weighted by Crippen LogP contribution is -2.33. The Bertz CT molecular complexity index is 1370. The van der Waals surface area contributed by atoms with Crippen LogP contribution >= 0.6 is 0 Å². The second-order valence-electron chi connectivity index (χ2n) is 9.22. The number of hydrogen-bond donors (Lipinski definition) is 1. The van der Waals surface area contributed by atoms with Gasteiger partial charge in [-0.25, -0.2) is 9.59 Å². The van der Waals surface area contributed by atoms with E-state index in [9.17, 15) is 9.59 Å². The molecule has 3 aromatic carbocycles. The van der Waals surface area contributed by atoms with Crippen LogP contribution in [0.3, 0.4) is 0 Å². The summed E-state index contributed by atoms with van der Waals surface area (Å²) in [4.78, 5) is 25.3. The number of rotatable bonds is 5. The number of amides is 1. The molecule has 0 fully saturated rings. The SMILES string of the molecule is CCOC(=O)c1c(CNC(=O)OC(C)(C)C)n(C)c2ccc(-c3cccc4ccccc34)cc12. The van der Waals surface area contributed by atoms with Gasteiger partial charge in [0.2, 0.25) is 0 Å². The van der Waals surface area contributed by atoms with Crippen molar-refractivity contribution in [3.8, 4) is 11.1 Å². The average Bonchev–Trinajstić information content (AvgIpc) is 3.07. The van der Waals surface area contributed by atoms with Crippen molar-refractivity contribution in [1.29, 1.82) is 0 Å². The van der Waals surface area contributed by atoms with Gasteiger partial charge in [-0.15, -0.1) is 0 Å². The highest BCUT2D eigenvalue weighted by atomic mass is 16.6. The van der Waals surface area contributed by atoms with Gasteiger partial charge in [-0.1, -0.05) is 48.5 Å². The number of esters is 1. The number of fused-ring (bicyclic) bond motifs is 2. The molecule has 6 heteroatoms. The molecule has 1 amide bonds. The number of nitrogens with one attached hydrogen (secondary N) is 1. The molecular weight excluding hydrogens is 428 g/mol. The predicted octanol–water partition coefficient (Wildman–Crippen LogP) is 6.20. The van der Waals surface area contributed by atoms with Crippen LogP contribution in [0, 0.1) is 0 Å². The van der Waals surface area contributed by atoms with Crippen molar-refractivity contribution >= 4 is 33.7 Å². The molecule has 4 rings (SSSR count). The number of carbonyl (C=O) groups is 2. The smallest absolute Gasteiger partial charge is 0.407 e. The molecule has 0 spiro atoms. The van der Waals surface area contributed by atoms with E-state index in [4.69, 9.17) is 9.47 Å². The van der Waals surface area contributed by atoms with Crippen molar-refractivity contribution in [2.75, 3.05) is 6.61 Å². The van der Waals surface area contributed by atoms with Crippen LogP contribution in [0.4, 0.5) is 4.79 Å².